The molecule has 0 aliphatic carbocycles. The molecule has 2 atom stereocenters. The summed E-state index contributed by atoms with van der Waals surface area (Å²) in [5.41, 5.74) is 0. The first-order valence-corrected chi connectivity index (χ1v) is 5.64. The van der Waals surface area contributed by atoms with Gasteiger partial charge in [0.15, 0.2) is 0 Å². The minimum absolute atomic E-state index is 0.443. The fourth-order valence-corrected chi connectivity index (χ4v) is 1.87. The van der Waals surface area contributed by atoms with Gasteiger partial charge < -0.3 is 10.1 Å². The van der Waals surface area contributed by atoms with Gasteiger partial charge in [0.1, 0.15) is 0 Å². The molecule has 1 aliphatic rings. The number of rotatable bonds is 4. The Bertz CT molecular complexity index is 134. The zero-order valence-corrected chi connectivity index (χ0v) is 9.18. The maximum Gasteiger partial charge on any atom is 0.0729 e. The summed E-state index contributed by atoms with van der Waals surface area (Å²) in [4.78, 5) is 0. The number of hydrogen-bond acceptors (Lipinski definition) is 2. The Balaban J connectivity index is 2.32. The van der Waals surface area contributed by atoms with Crippen molar-refractivity contribution in [2.45, 2.75) is 52.2 Å². The molecule has 0 spiro atoms. The lowest BCUT2D eigenvalue weighted by atomic mass is 9.97. The Kier molecular flexibility index (Phi) is 4.74. The lowest BCUT2D eigenvalue weighted by Crippen LogP contribution is -2.42. The van der Waals surface area contributed by atoms with Crippen molar-refractivity contribution >= 4 is 0 Å². The van der Waals surface area contributed by atoms with Crippen LogP contribution in [0.3, 0.4) is 0 Å². The largest absolute Gasteiger partial charge is 0.373 e. The molecule has 0 radical (unpaired) electrons. The van der Waals surface area contributed by atoms with E-state index in [2.05, 4.69) is 26.1 Å². The molecule has 0 aromatic rings. The van der Waals surface area contributed by atoms with Crippen LogP contribution in [-0.4, -0.2) is 25.3 Å². The van der Waals surface area contributed by atoms with Gasteiger partial charge in [-0.1, -0.05) is 20.8 Å². The molecule has 2 heteroatoms. The predicted molar refractivity (Wildman–Crippen MR) is 55.9 cm³/mol. The standard InChI is InChI=1S/C11H23NO/c1-4-10(5-2)13-11-8-12-7-6-9(11)3/h9-12H,4-8H2,1-3H3. The van der Waals surface area contributed by atoms with E-state index in [9.17, 15) is 0 Å². The minimum Gasteiger partial charge on any atom is -0.373 e. The predicted octanol–water partition coefficient (Wildman–Crippen LogP) is 2.19. The molecule has 0 bridgehead atoms. The molecule has 2 nitrogen and oxygen atoms in total. The molecule has 1 rings (SSSR count). The van der Waals surface area contributed by atoms with E-state index in [0.29, 0.717) is 12.2 Å². The zero-order valence-electron chi connectivity index (χ0n) is 9.18. The third-order valence-electron chi connectivity index (χ3n) is 3.03. The molecule has 1 heterocycles. The van der Waals surface area contributed by atoms with Crippen molar-refractivity contribution in [3.63, 3.8) is 0 Å². The van der Waals surface area contributed by atoms with Crippen molar-refractivity contribution < 1.29 is 4.74 Å². The van der Waals surface area contributed by atoms with E-state index < -0.39 is 0 Å². The maximum atomic E-state index is 6.04. The van der Waals surface area contributed by atoms with E-state index >= 15 is 0 Å². The van der Waals surface area contributed by atoms with Crippen molar-refractivity contribution in [3.8, 4) is 0 Å². The van der Waals surface area contributed by atoms with Gasteiger partial charge in [0, 0.05) is 6.54 Å². The summed E-state index contributed by atoms with van der Waals surface area (Å²) in [5, 5.41) is 3.39. The van der Waals surface area contributed by atoms with Gasteiger partial charge in [-0.05, 0) is 31.7 Å². The van der Waals surface area contributed by atoms with Crippen LogP contribution in [0.2, 0.25) is 0 Å². The van der Waals surface area contributed by atoms with Gasteiger partial charge in [0.25, 0.3) is 0 Å². The number of piperidine rings is 1. The Morgan fingerprint density at radius 3 is 2.62 bits per heavy atom. The second-order valence-electron chi connectivity index (χ2n) is 4.08. The van der Waals surface area contributed by atoms with Gasteiger partial charge in [-0.2, -0.15) is 0 Å². The summed E-state index contributed by atoms with van der Waals surface area (Å²) in [5.74, 6) is 0.724. The summed E-state index contributed by atoms with van der Waals surface area (Å²) in [6.45, 7) is 8.90. The Morgan fingerprint density at radius 2 is 2.08 bits per heavy atom. The van der Waals surface area contributed by atoms with Crippen molar-refractivity contribution in [1.82, 2.24) is 5.32 Å². The van der Waals surface area contributed by atoms with Crippen molar-refractivity contribution in [2.75, 3.05) is 13.1 Å². The Morgan fingerprint density at radius 1 is 1.38 bits per heavy atom. The average Bonchev–Trinajstić information content (AvgIpc) is 2.17. The molecule has 1 N–H and O–H groups in total. The van der Waals surface area contributed by atoms with Crippen LogP contribution in [0.25, 0.3) is 0 Å². The van der Waals surface area contributed by atoms with Crippen LogP contribution in [0.5, 0.6) is 0 Å². The highest BCUT2D eigenvalue weighted by atomic mass is 16.5. The minimum atomic E-state index is 0.443. The summed E-state index contributed by atoms with van der Waals surface area (Å²) in [6.07, 6.45) is 4.44. The van der Waals surface area contributed by atoms with Crippen LogP contribution >= 0.6 is 0 Å². The second kappa shape index (κ2) is 5.61. The third kappa shape index (κ3) is 3.28. The van der Waals surface area contributed by atoms with E-state index in [4.69, 9.17) is 4.74 Å². The molecule has 78 valence electrons. The highest BCUT2D eigenvalue weighted by Crippen LogP contribution is 2.18. The molecule has 0 aromatic carbocycles. The summed E-state index contributed by atoms with van der Waals surface area (Å²) < 4.78 is 6.04. The summed E-state index contributed by atoms with van der Waals surface area (Å²) in [7, 11) is 0. The second-order valence-corrected chi connectivity index (χ2v) is 4.08. The molecule has 0 amide bonds. The number of nitrogens with one attached hydrogen (secondary N) is 1. The van der Waals surface area contributed by atoms with Crippen LogP contribution in [0.15, 0.2) is 0 Å². The molecular weight excluding hydrogens is 162 g/mol. The van der Waals surface area contributed by atoms with Crippen molar-refractivity contribution in [1.29, 1.82) is 0 Å². The van der Waals surface area contributed by atoms with Crippen LogP contribution in [0.4, 0.5) is 0 Å². The fourth-order valence-electron chi connectivity index (χ4n) is 1.87. The molecule has 1 saturated heterocycles. The zero-order chi connectivity index (χ0) is 9.68. The molecular formula is C11H23NO. The van der Waals surface area contributed by atoms with Crippen LogP contribution in [0.1, 0.15) is 40.0 Å². The highest BCUT2D eigenvalue weighted by Gasteiger charge is 2.23. The number of hydrogen-bond donors (Lipinski definition) is 1. The molecule has 1 fully saturated rings. The number of ether oxygens (including phenoxy) is 1. The van der Waals surface area contributed by atoms with Crippen LogP contribution in [0, 0.1) is 5.92 Å². The third-order valence-corrected chi connectivity index (χ3v) is 3.03. The van der Waals surface area contributed by atoms with Crippen LogP contribution < -0.4 is 5.32 Å². The fraction of sp³-hybridized carbons (Fsp3) is 1.00. The van der Waals surface area contributed by atoms with Gasteiger partial charge in [-0.25, -0.2) is 0 Å². The molecule has 2 unspecified atom stereocenters. The maximum absolute atomic E-state index is 6.04. The summed E-state index contributed by atoms with van der Waals surface area (Å²) in [6, 6.07) is 0. The van der Waals surface area contributed by atoms with E-state index in [-0.39, 0.29) is 0 Å². The molecule has 0 aromatic heterocycles. The van der Waals surface area contributed by atoms with Gasteiger partial charge in [-0.15, -0.1) is 0 Å². The quantitative estimate of drug-likeness (QED) is 0.725. The van der Waals surface area contributed by atoms with E-state index in [1.54, 1.807) is 0 Å². The smallest absolute Gasteiger partial charge is 0.0729 e. The first-order valence-electron chi connectivity index (χ1n) is 5.64. The molecule has 13 heavy (non-hydrogen) atoms. The normalized spacial score (nSPS) is 29.5. The highest BCUT2D eigenvalue weighted by molar-refractivity contribution is 4.76. The van der Waals surface area contributed by atoms with Gasteiger partial charge >= 0.3 is 0 Å². The average molecular weight is 185 g/mol. The summed E-state index contributed by atoms with van der Waals surface area (Å²) >= 11 is 0. The van der Waals surface area contributed by atoms with Gasteiger partial charge in [0.05, 0.1) is 12.2 Å². The van der Waals surface area contributed by atoms with E-state index in [1.165, 1.54) is 6.42 Å². The van der Waals surface area contributed by atoms with E-state index in [0.717, 1.165) is 31.8 Å². The lowest BCUT2D eigenvalue weighted by Gasteiger charge is -2.32. The first kappa shape index (κ1) is 11.0. The topological polar surface area (TPSA) is 21.3 Å². The monoisotopic (exact) mass is 185 g/mol. The SMILES string of the molecule is CCC(CC)OC1CNCCC1C. The van der Waals surface area contributed by atoms with Gasteiger partial charge in [0.2, 0.25) is 0 Å². The lowest BCUT2D eigenvalue weighted by molar-refractivity contribution is -0.0505. The van der Waals surface area contributed by atoms with Gasteiger partial charge in [-0.3, -0.25) is 0 Å². The van der Waals surface area contributed by atoms with Crippen molar-refractivity contribution in [2.24, 2.45) is 5.92 Å². The Labute approximate surface area is 82.0 Å². The molecule has 0 saturated carbocycles. The van der Waals surface area contributed by atoms with Crippen molar-refractivity contribution in [3.05, 3.63) is 0 Å². The van der Waals surface area contributed by atoms with Crippen LogP contribution in [-0.2, 0) is 4.74 Å². The Hall–Kier alpha value is -0.0800. The van der Waals surface area contributed by atoms with E-state index in [1.807, 2.05) is 0 Å². The first-order chi connectivity index (χ1) is 6.27. The molecule has 1 aliphatic heterocycles.